The topological polar surface area (TPSA) is 93.4 Å². The summed E-state index contributed by atoms with van der Waals surface area (Å²) in [7, 11) is 0. The van der Waals surface area contributed by atoms with Gasteiger partial charge in [-0.2, -0.15) is 4.98 Å². The predicted octanol–water partition coefficient (Wildman–Crippen LogP) is 4.10. The molecule has 3 aromatic heterocycles. The minimum absolute atomic E-state index is 0.0691. The number of aryl methyl sites for hydroxylation is 4. The normalized spacial score (nSPS) is 14.9. The number of hydrogen-bond acceptors (Lipinski definition) is 7. The van der Waals surface area contributed by atoms with Crippen LogP contribution in [0.4, 0.5) is 0 Å². The van der Waals surface area contributed by atoms with Crippen molar-refractivity contribution in [3.05, 3.63) is 70.6 Å². The summed E-state index contributed by atoms with van der Waals surface area (Å²) in [5, 5.41) is 8.10. The van der Waals surface area contributed by atoms with Gasteiger partial charge in [0.25, 0.3) is 11.8 Å². The van der Waals surface area contributed by atoms with Gasteiger partial charge < -0.3 is 18.5 Å². The Hall–Kier alpha value is -3.72. The lowest BCUT2D eigenvalue weighted by Crippen LogP contribution is -2.35. The Morgan fingerprint density at radius 3 is 2.31 bits per heavy atom. The van der Waals surface area contributed by atoms with E-state index in [9.17, 15) is 4.79 Å². The van der Waals surface area contributed by atoms with Crippen LogP contribution in [0.1, 0.15) is 45.4 Å². The van der Waals surface area contributed by atoms with Crippen molar-refractivity contribution in [3.8, 4) is 17.1 Å². The number of amides is 1. The van der Waals surface area contributed by atoms with Crippen molar-refractivity contribution in [1.82, 2.24) is 29.7 Å². The third-order valence-electron chi connectivity index (χ3n) is 6.60. The van der Waals surface area contributed by atoms with E-state index < -0.39 is 0 Å². The molecule has 4 aromatic rings. The first kappa shape index (κ1) is 23.0. The van der Waals surface area contributed by atoms with Gasteiger partial charge in [-0.25, -0.2) is 0 Å². The van der Waals surface area contributed by atoms with Gasteiger partial charge in [0.05, 0.1) is 12.2 Å². The number of benzene rings is 1. The molecular weight excluding hydrogens is 444 g/mol. The van der Waals surface area contributed by atoms with Crippen LogP contribution >= 0.6 is 0 Å². The lowest BCUT2D eigenvalue weighted by Gasteiger charge is -2.21. The van der Waals surface area contributed by atoms with E-state index in [1.165, 1.54) is 11.4 Å². The van der Waals surface area contributed by atoms with Crippen LogP contribution < -0.4 is 0 Å². The average molecular weight is 475 g/mol. The lowest BCUT2D eigenvalue weighted by molar-refractivity contribution is 0.0761. The van der Waals surface area contributed by atoms with E-state index in [1.54, 1.807) is 0 Å². The largest absolute Gasteiger partial charge is 0.361 e. The van der Waals surface area contributed by atoms with E-state index >= 15 is 0 Å². The Morgan fingerprint density at radius 2 is 1.63 bits per heavy atom. The second kappa shape index (κ2) is 9.50. The van der Waals surface area contributed by atoms with E-state index in [0.717, 1.165) is 43.0 Å². The summed E-state index contributed by atoms with van der Waals surface area (Å²) in [6.45, 7) is 11.4. The zero-order valence-electron chi connectivity index (χ0n) is 20.6. The molecule has 1 fully saturated rings. The van der Waals surface area contributed by atoms with Gasteiger partial charge in [0.2, 0.25) is 0 Å². The van der Waals surface area contributed by atoms with Crippen molar-refractivity contribution in [3.63, 3.8) is 0 Å². The predicted molar refractivity (Wildman–Crippen MR) is 130 cm³/mol. The number of nitrogens with zero attached hydrogens (tertiary/aromatic N) is 6. The molecule has 1 amide bonds. The highest BCUT2D eigenvalue weighted by atomic mass is 16.5. The van der Waals surface area contributed by atoms with Gasteiger partial charge in [0.1, 0.15) is 11.3 Å². The van der Waals surface area contributed by atoms with Crippen LogP contribution in [0.25, 0.3) is 17.1 Å². The molecule has 5 rings (SSSR count). The maximum absolute atomic E-state index is 13.2. The van der Waals surface area contributed by atoms with E-state index in [2.05, 4.69) is 50.7 Å². The monoisotopic (exact) mass is 474 g/mol. The van der Waals surface area contributed by atoms with Crippen LogP contribution in [-0.4, -0.2) is 61.8 Å². The maximum atomic E-state index is 13.2. The molecule has 0 N–H and O–H groups in total. The third-order valence-corrected chi connectivity index (χ3v) is 6.60. The summed E-state index contributed by atoms with van der Waals surface area (Å²) in [5.41, 5.74) is 5.62. The fourth-order valence-electron chi connectivity index (χ4n) is 4.75. The molecule has 35 heavy (non-hydrogen) atoms. The maximum Gasteiger partial charge on any atom is 0.263 e. The van der Waals surface area contributed by atoms with Crippen molar-refractivity contribution < 1.29 is 13.8 Å². The Balaban J connectivity index is 1.21. The van der Waals surface area contributed by atoms with Gasteiger partial charge in [-0.05, 0) is 70.5 Å². The molecule has 4 heterocycles. The minimum Gasteiger partial charge on any atom is -0.361 e. The van der Waals surface area contributed by atoms with Crippen molar-refractivity contribution in [2.75, 3.05) is 26.2 Å². The first-order valence-electron chi connectivity index (χ1n) is 11.9. The van der Waals surface area contributed by atoms with Crippen LogP contribution in [0.5, 0.6) is 0 Å². The molecule has 9 heteroatoms. The quantitative estimate of drug-likeness (QED) is 0.430. The van der Waals surface area contributed by atoms with Crippen molar-refractivity contribution in [1.29, 1.82) is 0 Å². The summed E-state index contributed by atoms with van der Waals surface area (Å²) in [5.74, 6) is 1.77. The molecule has 182 valence electrons. The van der Waals surface area contributed by atoms with Gasteiger partial charge in [-0.1, -0.05) is 10.3 Å². The third kappa shape index (κ3) is 4.64. The van der Waals surface area contributed by atoms with Crippen molar-refractivity contribution in [2.24, 2.45) is 0 Å². The van der Waals surface area contributed by atoms with E-state index in [0.29, 0.717) is 36.1 Å². The van der Waals surface area contributed by atoms with Crippen LogP contribution in [0.15, 0.2) is 45.4 Å². The second-order valence-electron chi connectivity index (χ2n) is 9.14. The molecular formula is C26H30N6O3. The Kier molecular flexibility index (Phi) is 6.25. The van der Waals surface area contributed by atoms with E-state index in [4.69, 9.17) is 9.05 Å². The van der Waals surface area contributed by atoms with Crippen LogP contribution in [0.2, 0.25) is 0 Å². The van der Waals surface area contributed by atoms with Gasteiger partial charge in [-0.3, -0.25) is 9.69 Å². The first-order valence-corrected chi connectivity index (χ1v) is 11.9. The van der Waals surface area contributed by atoms with Gasteiger partial charge in [-0.15, -0.1) is 0 Å². The van der Waals surface area contributed by atoms with E-state index in [-0.39, 0.29) is 5.91 Å². The van der Waals surface area contributed by atoms with Crippen LogP contribution in [0, 0.1) is 27.7 Å². The number of carbonyl (C=O) groups excluding carboxylic acids is 1. The molecule has 9 nitrogen and oxygen atoms in total. The number of rotatable bonds is 5. The van der Waals surface area contributed by atoms with Crippen molar-refractivity contribution >= 4 is 5.91 Å². The molecule has 1 aliphatic heterocycles. The Bertz CT molecular complexity index is 1290. The fraction of sp³-hybridized carbons (Fsp3) is 0.385. The van der Waals surface area contributed by atoms with E-state index in [1.807, 2.05) is 43.0 Å². The summed E-state index contributed by atoms with van der Waals surface area (Å²) in [4.78, 5) is 21.9. The number of hydrogen-bond donors (Lipinski definition) is 0. The smallest absolute Gasteiger partial charge is 0.263 e. The Labute approximate surface area is 204 Å². The van der Waals surface area contributed by atoms with Crippen LogP contribution in [0.3, 0.4) is 0 Å². The molecule has 1 aromatic carbocycles. The number of aromatic nitrogens is 4. The standard InChI is InChI=1S/C26H30N6O3/c1-17-6-7-18(2)32(17)22-10-8-21(9-11-22)26(33)31-13-5-12-30(14-15-31)16-23-27-25(35-29-23)24-19(3)28-34-20(24)4/h6-11H,5,12-16H2,1-4H3. The highest BCUT2D eigenvalue weighted by Gasteiger charge is 2.23. The summed E-state index contributed by atoms with van der Waals surface area (Å²) in [6.07, 6.45) is 0.889. The second-order valence-corrected chi connectivity index (χ2v) is 9.14. The molecule has 0 spiro atoms. The number of carbonyl (C=O) groups is 1. The highest BCUT2D eigenvalue weighted by Crippen LogP contribution is 2.25. The zero-order valence-corrected chi connectivity index (χ0v) is 20.6. The zero-order chi connectivity index (χ0) is 24.5. The first-order chi connectivity index (χ1) is 16.9. The summed E-state index contributed by atoms with van der Waals surface area (Å²) in [6, 6.07) is 12.1. The van der Waals surface area contributed by atoms with Gasteiger partial charge in [0.15, 0.2) is 5.82 Å². The molecule has 0 atom stereocenters. The average Bonchev–Trinajstić information content (AvgIpc) is 3.47. The Morgan fingerprint density at radius 1 is 0.886 bits per heavy atom. The molecule has 0 bridgehead atoms. The summed E-state index contributed by atoms with van der Waals surface area (Å²) >= 11 is 0. The van der Waals surface area contributed by atoms with Gasteiger partial charge >= 0.3 is 0 Å². The molecule has 1 aliphatic rings. The van der Waals surface area contributed by atoms with Crippen molar-refractivity contribution in [2.45, 2.75) is 40.7 Å². The lowest BCUT2D eigenvalue weighted by atomic mass is 10.1. The molecule has 1 saturated heterocycles. The highest BCUT2D eigenvalue weighted by molar-refractivity contribution is 5.94. The van der Waals surface area contributed by atoms with Crippen LogP contribution in [-0.2, 0) is 6.54 Å². The fourth-order valence-corrected chi connectivity index (χ4v) is 4.75. The molecule has 0 saturated carbocycles. The molecule has 0 aliphatic carbocycles. The minimum atomic E-state index is 0.0691. The van der Waals surface area contributed by atoms with Gasteiger partial charge in [0, 0.05) is 48.8 Å². The molecule has 0 unspecified atom stereocenters. The molecule has 0 radical (unpaired) electrons. The SMILES string of the molecule is Cc1noc(C)c1-c1nc(CN2CCCN(C(=O)c3ccc(-n4c(C)ccc4C)cc3)CC2)no1. The summed E-state index contributed by atoms with van der Waals surface area (Å²) < 4.78 is 12.9.